The topological polar surface area (TPSA) is 78.4 Å². The molecule has 0 aromatic rings. The van der Waals surface area contributed by atoms with E-state index in [0.29, 0.717) is 6.54 Å². The predicted octanol–water partition coefficient (Wildman–Crippen LogP) is 2.51. The van der Waals surface area contributed by atoms with E-state index in [-0.39, 0.29) is 11.9 Å². The number of unbranched alkanes of at least 4 members (excludes halogenated alkanes) is 2. The molecule has 1 unspecified atom stereocenters. The van der Waals surface area contributed by atoms with Gasteiger partial charge in [0.2, 0.25) is 0 Å². The normalized spacial score (nSPS) is 17.7. The van der Waals surface area contributed by atoms with Crippen LogP contribution < -0.4 is 10.6 Å². The summed E-state index contributed by atoms with van der Waals surface area (Å²) in [5.74, 6) is -0.844. The molecule has 1 atom stereocenters. The molecular weight excluding hydrogens is 244 g/mol. The van der Waals surface area contributed by atoms with Crippen LogP contribution in [0.5, 0.6) is 0 Å². The summed E-state index contributed by atoms with van der Waals surface area (Å²) < 4.78 is 0. The first kappa shape index (κ1) is 15.8. The SMILES string of the molecule is CCCCCNC(=O)NC(C(=O)O)C1CCCCC1. The number of nitrogens with one attached hydrogen (secondary N) is 2. The molecule has 1 fully saturated rings. The monoisotopic (exact) mass is 270 g/mol. The molecule has 5 nitrogen and oxygen atoms in total. The first-order valence-electron chi connectivity index (χ1n) is 7.42. The average Bonchev–Trinajstić information content (AvgIpc) is 2.41. The third-order valence-corrected chi connectivity index (χ3v) is 3.74. The van der Waals surface area contributed by atoms with E-state index >= 15 is 0 Å². The van der Waals surface area contributed by atoms with E-state index in [0.717, 1.165) is 44.9 Å². The van der Waals surface area contributed by atoms with Crippen molar-refractivity contribution in [1.82, 2.24) is 10.6 Å². The van der Waals surface area contributed by atoms with E-state index in [9.17, 15) is 14.7 Å². The molecule has 1 aliphatic rings. The van der Waals surface area contributed by atoms with Crippen molar-refractivity contribution in [3.05, 3.63) is 0 Å². The van der Waals surface area contributed by atoms with Crippen molar-refractivity contribution in [2.24, 2.45) is 5.92 Å². The molecule has 0 saturated heterocycles. The third kappa shape index (κ3) is 5.94. The standard InChI is InChI=1S/C14H26N2O3/c1-2-3-7-10-15-14(19)16-12(13(17)18)11-8-5-4-6-9-11/h11-12H,2-10H2,1H3,(H,17,18)(H2,15,16,19). The zero-order valence-corrected chi connectivity index (χ0v) is 11.8. The van der Waals surface area contributed by atoms with Gasteiger partial charge in [-0.15, -0.1) is 0 Å². The molecule has 2 amide bonds. The quantitative estimate of drug-likeness (QED) is 0.622. The molecule has 0 radical (unpaired) electrons. The van der Waals surface area contributed by atoms with Crippen LogP contribution in [0.4, 0.5) is 4.79 Å². The lowest BCUT2D eigenvalue weighted by molar-refractivity contribution is -0.141. The van der Waals surface area contributed by atoms with E-state index in [1.165, 1.54) is 6.42 Å². The van der Waals surface area contributed by atoms with Crippen LogP contribution in [-0.2, 0) is 4.79 Å². The van der Waals surface area contributed by atoms with Gasteiger partial charge < -0.3 is 15.7 Å². The first-order chi connectivity index (χ1) is 9.15. The van der Waals surface area contributed by atoms with Crippen molar-refractivity contribution < 1.29 is 14.7 Å². The molecule has 0 aliphatic heterocycles. The summed E-state index contributed by atoms with van der Waals surface area (Å²) in [6, 6.07) is -1.10. The van der Waals surface area contributed by atoms with Crippen molar-refractivity contribution in [2.75, 3.05) is 6.54 Å². The highest BCUT2D eigenvalue weighted by molar-refractivity contribution is 5.82. The fourth-order valence-electron chi connectivity index (χ4n) is 2.62. The molecule has 5 heteroatoms. The third-order valence-electron chi connectivity index (χ3n) is 3.74. The maximum Gasteiger partial charge on any atom is 0.326 e. The zero-order valence-electron chi connectivity index (χ0n) is 11.8. The summed E-state index contributed by atoms with van der Waals surface area (Å²) >= 11 is 0. The van der Waals surface area contributed by atoms with Gasteiger partial charge in [-0.05, 0) is 25.2 Å². The molecule has 0 aromatic carbocycles. The van der Waals surface area contributed by atoms with Crippen molar-refractivity contribution in [1.29, 1.82) is 0 Å². The van der Waals surface area contributed by atoms with Crippen LogP contribution in [0.15, 0.2) is 0 Å². The fraction of sp³-hybridized carbons (Fsp3) is 0.857. The maximum atomic E-state index is 11.7. The molecule has 1 saturated carbocycles. The molecule has 1 aliphatic carbocycles. The lowest BCUT2D eigenvalue weighted by atomic mass is 9.84. The molecule has 1 rings (SSSR count). The maximum absolute atomic E-state index is 11.7. The number of amides is 2. The van der Waals surface area contributed by atoms with Crippen LogP contribution in [0.1, 0.15) is 58.3 Å². The Balaban J connectivity index is 2.35. The summed E-state index contributed by atoms with van der Waals surface area (Å²) in [4.78, 5) is 22.9. The highest BCUT2D eigenvalue weighted by Crippen LogP contribution is 2.26. The fourth-order valence-corrected chi connectivity index (χ4v) is 2.62. The van der Waals surface area contributed by atoms with Gasteiger partial charge in [0.1, 0.15) is 6.04 Å². The van der Waals surface area contributed by atoms with Gasteiger partial charge >= 0.3 is 12.0 Å². The van der Waals surface area contributed by atoms with Gasteiger partial charge in [-0.3, -0.25) is 0 Å². The summed E-state index contributed by atoms with van der Waals surface area (Å²) in [6.07, 6.45) is 8.20. The molecule has 3 N–H and O–H groups in total. The Bertz CT molecular complexity index is 288. The van der Waals surface area contributed by atoms with Crippen LogP contribution in [0.2, 0.25) is 0 Å². The number of hydrogen-bond acceptors (Lipinski definition) is 2. The minimum absolute atomic E-state index is 0.0765. The molecule has 0 heterocycles. The Kier molecular flexibility index (Phi) is 7.30. The molecule has 19 heavy (non-hydrogen) atoms. The zero-order chi connectivity index (χ0) is 14.1. The van der Waals surface area contributed by atoms with E-state index in [1.807, 2.05) is 0 Å². The number of carboxylic acid groups (broad SMARTS) is 1. The van der Waals surface area contributed by atoms with E-state index in [2.05, 4.69) is 17.6 Å². The second-order valence-electron chi connectivity index (χ2n) is 5.32. The van der Waals surface area contributed by atoms with Crippen LogP contribution in [0.3, 0.4) is 0 Å². The van der Waals surface area contributed by atoms with Crippen molar-refractivity contribution in [3.8, 4) is 0 Å². The molecule has 110 valence electrons. The number of carbonyl (C=O) groups excluding carboxylic acids is 1. The highest BCUT2D eigenvalue weighted by Gasteiger charge is 2.30. The van der Waals surface area contributed by atoms with Crippen LogP contribution in [0.25, 0.3) is 0 Å². The van der Waals surface area contributed by atoms with Gasteiger partial charge in [-0.25, -0.2) is 9.59 Å². The second-order valence-corrected chi connectivity index (χ2v) is 5.32. The van der Waals surface area contributed by atoms with Crippen LogP contribution in [0, 0.1) is 5.92 Å². The smallest absolute Gasteiger partial charge is 0.326 e. The number of rotatable bonds is 7. The average molecular weight is 270 g/mol. The summed E-state index contributed by atoms with van der Waals surface area (Å²) in [7, 11) is 0. The lowest BCUT2D eigenvalue weighted by Crippen LogP contribution is -2.50. The largest absolute Gasteiger partial charge is 0.480 e. The molecular formula is C14H26N2O3. The highest BCUT2D eigenvalue weighted by atomic mass is 16.4. The van der Waals surface area contributed by atoms with Crippen molar-refractivity contribution in [3.63, 3.8) is 0 Å². The Labute approximate surface area is 115 Å². The molecule has 0 bridgehead atoms. The predicted molar refractivity (Wildman–Crippen MR) is 74.1 cm³/mol. The molecule has 0 spiro atoms. The number of carbonyl (C=O) groups is 2. The van der Waals surface area contributed by atoms with Gasteiger partial charge in [0.25, 0.3) is 0 Å². The summed E-state index contributed by atoms with van der Waals surface area (Å²) in [5.41, 5.74) is 0. The van der Waals surface area contributed by atoms with Gasteiger partial charge in [0.05, 0.1) is 0 Å². The van der Waals surface area contributed by atoms with Crippen LogP contribution >= 0.6 is 0 Å². The minimum Gasteiger partial charge on any atom is -0.480 e. The Morgan fingerprint density at radius 2 is 1.89 bits per heavy atom. The van der Waals surface area contributed by atoms with Gasteiger partial charge in [-0.1, -0.05) is 39.0 Å². The minimum atomic E-state index is -0.921. The Hall–Kier alpha value is -1.26. The number of hydrogen-bond donors (Lipinski definition) is 3. The summed E-state index contributed by atoms with van der Waals surface area (Å²) in [6.45, 7) is 2.71. The van der Waals surface area contributed by atoms with E-state index in [4.69, 9.17) is 0 Å². The van der Waals surface area contributed by atoms with Crippen LogP contribution in [-0.4, -0.2) is 29.7 Å². The van der Waals surface area contributed by atoms with Gasteiger partial charge in [-0.2, -0.15) is 0 Å². The number of aliphatic carboxylic acids is 1. The van der Waals surface area contributed by atoms with E-state index < -0.39 is 12.0 Å². The van der Waals surface area contributed by atoms with Crippen molar-refractivity contribution >= 4 is 12.0 Å². The number of carboxylic acids is 1. The lowest BCUT2D eigenvalue weighted by Gasteiger charge is -2.28. The van der Waals surface area contributed by atoms with E-state index in [1.54, 1.807) is 0 Å². The van der Waals surface area contributed by atoms with Crippen molar-refractivity contribution in [2.45, 2.75) is 64.3 Å². The Morgan fingerprint density at radius 1 is 1.21 bits per heavy atom. The second kappa shape index (κ2) is 8.77. The van der Waals surface area contributed by atoms with Gasteiger partial charge in [0.15, 0.2) is 0 Å². The first-order valence-corrected chi connectivity index (χ1v) is 7.42. The summed E-state index contributed by atoms with van der Waals surface area (Å²) in [5, 5.41) is 14.6. The van der Waals surface area contributed by atoms with Gasteiger partial charge in [0, 0.05) is 6.54 Å². The Morgan fingerprint density at radius 3 is 2.47 bits per heavy atom. The number of urea groups is 1. The molecule has 0 aromatic heterocycles.